The van der Waals surface area contributed by atoms with Gasteiger partial charge in [-0.25, -0.2) is 4.79 Å². The summed E-state index contributed by atoms with van der Waals surface area (Å²) in [5.41, 5.74) is 2.08. The van der Waals surface area contributed by atoms with Crippen LogP contribution in [0.5, 0.6) is 0 Å². The summed E-state index contributed by atoms with van der Waals surface area (Å²) < 4.78 is 16.6. The number of carbonyl (C=O) groups is 1. The summed E-state index contributed by atoms with van der Waals surface area (Å²) in [6, 6.07) is 0. The molecule has 7 nitrogen and oxygen atoms in total. The third-order valence-electron chi connectivity index (χ3n) is 13.6. The normalized spacial score (nSPS) is 45.9. The first-order valence-electron chi connectivity index (χ1n) is 17.5. The van der Waals surface area contributed by atoms with Crippen molar-refractivity contribution < 1.29 is 34.3 Å². The van der Waals surface area contributed by atoms with Gasteiger partial charge in [0.05, 0.1) is 13.2 Å². The minimum atomic E-state index is -1.57. The van der Waals surface area contributed by atoms with Gasteiger partial charge >= 0.3 is 5.97 Å². The van der Waals surface area contributed by atoms with Crippen LogP contribution in [0.25, 0.3) is 0 Å². The maximum absolute atomic E-state index is 12.1. The second-order valence-corrected chi connectivity index (χ2v) is 15.9. The Bertz CT molecular complexity index is 1010. The lowest BCUT2D eigenvalue weighted by Gasteiger charge is -2.58. The van der Waals surface area contributed by atoms with Crippen LogP contribution >= 0.6 is 0 Å². The largest absolute Gasteiger partial charge is 0.467 e. The number of carbonyl (C=O) groups excluding carboxylic acids is 1. The molecule has 0 aromatic rings. The first kappa shape index (κ1) is 33.4. The highest BCUT2D eigenvalue weighted by Crippen LogP contribution is 2.67. The van der Waals surface area contributed by atoms with Crippen LogP contribution < -0.4 is 0 Å². The van der Waals surface area contributed by atoms with E-state index in [1.54, 1.807) is 0 Å². The van der Waals surface area contributed by atoms with Crippen molar-refractivity contribution in [3.8, 4) is 0 Å². The fourth-order valence-corrected chi connectivity index (χ4v) is 10.9. The Morgan fingerprint density at radius 1 is 1.00 bits per heavy atom. The molecule has 3 unspecified atom stereocenters. The number of fused-ring (bicyclic) bond motifs is 5. The van der Waals surface area contributed by atoms with Crippen LogP contribution in [0.1, 0.15) is 112 Å². The van der Waals surface area contributed by atoms with Crippen LogP contribution in [0.2, 0.25) is 0 Å². The summed E-state index contributed by atoms with van der Waals surface area (Å²) in [6.45, 7) is 14.8. The molecule has 1 saturated heterocycles. The lowest BCUT2D eigenvalue weighted by molar-refractivity contribution is -0.306. The van der Waals surface area contributed by atoms with Gasteiger partial charge in [0.25, 0.3) is 0 Å². The van der Waals surface area contributed by atoms with Gasteiger partial charge in [-0.15, -0.1) is 0 Å². The first-order valence-corrected chi connectivity index (χ1v) is 17.5. The summed E-state index contributed by atoms with van der Waals surface area (Å²) in [5, 5.41) is 31.2. The van der Waals surface area contributed by atoms with Gasteiger partial charge in [0.15, 0.2) is 12.4 Å². The maximum atomic E-state index is 12.1. The van der Waals surface area contributed by atoms with E-state index in [9.17, 15) is 20.1 Å². The van der Waals surface area contributed by atoms with E-state index in [0.717, 1.165) is 61.2 Å². The van der Waals surface area contributed by atoms with E-state index in [0.29, 0.717) is 11.3 Å². The number of aliphatic hydroxyl groups excluding tert-OH is 3. The molecule has 0 spiro atoms. The first-order chi connectivity index (χ1) is 20.3. The van der Waals surface area contributed by atoms with Crippen molar-refractivity contribution in [2.24, 2.45) is 52.3 Å². The van der Waals surface area contributed by atoms with Crippen molar-refractivity contribution in [1.82, 2.24) is 0 Å². The van der Waals surface area contributed by atoms with Crippen LogP contribution in [0.3, 0.4) is 0 Å². The van der Waals surface area contributed by atoms with E-state index in [1.807, 2.05) is 0 Å². The molecule has 5 aliphatic rings. The van der Waals surface area contributed by atoms with Crippen molar-refractivity contribution in [3.05, 3.63) is 11.6 Å². The predicted octanol–water partition coefficient (Wildman–Crippen LogP) is 6.03. The topological polar surface area (TPSA) is 105 Å². The van der Waals surface area contributed by atoms with Crippen molar-refractivity contribution in [2.45, 2.75) is 149 Å². The Morgan fingerprint density at radius 3 is 2.42 bits per heavy atom. The van der Waals surface area contributed by atoms with E-state index in [-0.39, 0.29) is 11.5 Å². The van der Waals surface area contributed by atoms with Crippen LogP contribution in [-0.2, 0) is 19.0 Å². The molecular weight excluding hydrogens is 544 g/mol. The monoisotopic (exact) mass is 604 g/mol. The van der Waals surface area contributed by atoms with Gasteiger partial charge in [-0.3, -0.25) is 0 Å². The zero-order chi connectivity index (χ0) is 31.3. The molecule has 0 amide bonds. The lowest BCUT2D eigenvalue weighted by Crippen LogP contribution is -2.61. The van der Waals surface area contributed by atoms with Gasteiger partial charge < -0.3 is 29.5 Å². The van der Waals surface area contributed by atoms with Crippen LogP contribution in [0.4, 0.5) is 0 Å². The minimum absolute atomic E-state index is 0.162. The summed E-state index contributed by atoms with van der Waals surface area (Å²) in [6.07, 6.45) is 8.41. The van der Waals surface area contributed by atoms with Crippen LogP contribution in [0.15, 0.2) is 11.6 Å². The number of aliphatic hydroxyl groups is 3. The smallest absolute Gasteiger partial charge is 0.337 e. The summed E-state index contributed by atoms with van der Waals surface area (Å²) in [5.74, 6) is 4.73. The molecule has 7 heteroatoms. The molecule has 4 aliphatic carbocycles. The number of hydrogen-bond acceptors (Lipinski definition) is 7. The molecular formula is C36H60O7. The highest BCUT2D eigenvalue weighted by atomic mass is 16.7. The predicted molar refractivity (Wildman–Crippen MR) is 166 cm³/mol. The zero-order valence-corrected chi connectivity index (χ0v) is 27.8. The van der Waals surface area contributed by atoms with Gasteiger partial charge in [-0.2, -0.15) is 0 Å². The number of methoxy groups -OCH3 is 1. The SMILES string of the molecule is CC[C@H](CC[C@@H](C)[C@H]1CC[C@H]2[C@@H]3CC=C4C[C@@H](O[C@@H]5OC(C(=O)OC)[C@@H](O)C(O)C5O)CC[C@]4(C)[C@H]3CC[C@]12C)C(C)C. The molecule has 0 radical (unpaired) electrons. The van der Waals surface area contributed by atoms with Crippen molar-refractivity contribution >= 4 is 5.97 Å². The van der Waals surface area contributed by atoms with Crippen molar-refractivity contribution in [2.75, 3.05) is 7.11 Å². The molecule has 3 saturated carbocycles. The number of ether oxygens (including phenoxy) is 3. The van der Waals surface area contributed by atoms with E-state index in [4.69, 9.17) is 14.2 Å². The molecule has 0 bridgehead atoms. The van der Waals surface area contributed by atoms with Crippen molar-refractivity contribution in [1.29, 1.82) is 0 Å². The Kier molecular flexibility index (Phi) is 10.1. The van der Waals surface area contributed by atoms with Gasteiger partial charge in [-0.1, -0.05) is 66.0 Å². The van der Waals surface area contributed by atoms with E-state index in [1.165, 1.54) is 57.6 Å². The minimum Gasteiger partial charge on any atom is -0.467 e. The Morgan fingerprint density at radius 2 is 1.74 bits per heavy atom. The fourth-order valence-electron chi connectivity index (χ4n) is 10.9. The molecule has 1 heterocycles. The molecule has 246 valence electrons. The number of esters is 1. The Balaban J connectivity index is 1.24. The molecule has 43 heavy (non-hydrogen) atoms. The second kappa shape index (κ2) is 13.0. The Labute approximate surface area is 260 Å². The van der Waals surface area contributed by atoms with Gasteiger partial charge in [-0.05, 0) is 110 Å². The second-order valence-electron chi connectivity index (χ2n) is 15.9. The quantitative estimate of drug-likeness (QED) is 0.218. The number of rotatable bonds is 9. The van der Waals surface area contributed by atoms with E-state index in [2.05, 4.69) is 47.6 Å². The van der Waals surface area contributed by atoms with Crippen LogP contribution in [-0.4, -0.2) is 65.2 Å². The summed E-state index contributed by atoms with van der Waals surface area (Å²) in [4.78, 5) is 12.1. The summed E-state index contributed by atoms with van der Waals surface area (Å²) >= 11 is 0. The van der Waals surface area contributed by atoms with Gasteiger partial charge in [0, 0.05) is 0 Å². The molecule has 14 atom stereocenters. The molecule has 1 aliphatic heterocycles. The molecule has 0 aromatic carbocycles. The molecule has 3 N–H and O–H groups in total. The lowest BCUT2D eigenvalue weighted by atomic mass is 9.47. The third-order valence-corrected chi connectivity index (χ3v) is 13.6. The van der Waals surface area contributed by atoms with Gasteiger partial charge in [0.1, 0.15) is 18.3 Å². The van der Waals surface area contributed by atoms with Gasteiger partial charge in [0.2, 0.25) is 0 Å². The number of allylic oxidation sites excluding steroid dienone is 1. The average molecular weight is 605 g/mol. The molecule has 0 aromatic heterocycles. The van der Waals surface area contributed by atoms with E-state index >= 15 is 0 Å². The van der Waals surface area contributed by atoms with Crippen LogP contribution in [0, 0.1) is 52.3 Å². The maximum Gasteiger partial charge on any atom is 0.337 e. The highest BCUT2D eigenvalue weighted by molar-refractivity contribution is 5.75. The third kappa shape index (κ3) is 6.00. The zero-order valence-electron chi connectivity index (χ0n) is 27.8. The standard InChI is InChI=1S/C36H60O7/c1-8-22(20(2)3)10-9-21(4)26-13-14-27-25-12-11-23-19-24(15-17-35(23,5)28(25)16-18-36(26,27)6)42-34-31(39)29(37)30(38)32(43-34)33(40)41-7/h11,20-22,24-32,34,37-39H,8-10,12-19H2,1-7H3/t21-,22-,24+,25+,26-,27+,28+,29?,30+,31?,32?,34-,35+,36-/m1/s1. The molecule has 4 fully saturated rings. The summed E-state index contributed by atoms with van der Waals surface area (Å²) in [7, 11) is 1.20. The molecule has 5 rings (SSSR count). The average Bonchev–Trinajstić information content (AvgIpc) is 3.34. The van der Waals surface area contributed by atoms with E-state index < -0.39 is 36.7 Å². The fraction of sp³-hybridized carbons (Fsp3) is 0.917. The highest BCUT2D eigenvalue weighted by Gasteiger charge is 2.59. The number of hydrogen-bond donors (Lipinski definition) is 3. The van der Waals surface area contributed by atoms with Crippen molar-refractivity contribution in [3.63, 3.8) is 0 Å². The Hall–Kier alpha value is -0.990.